The van der Waals surface area contributed by atoms with Gasteiger partial charge >= 0.3 is 5.97 Å². The highest BCUT2D eigenvalue weighted by Crippen LogP contribution is 2.45. The lowest BCUT2D eigenvalue weighted by molar-refractivity contribution is -0.141. The van der Waals surface area contributed by atoms with E-state index < -0.39 is 5.97 Å². The standard InChI is InChI=1S/C13H11N3O3S/c17-11-9(12-16(11)10(6-20-12)13(18)19)5-7-4-8-2-1-3-15(8)14-7/h4-6,12H,1-3H2,(H,18,19)/t12-/m1/s1. The van der Waals surface area contributed by atoms with Crippen molar-refractivity contribution in [2.45, 2.75) is 24.8 Å². The minimum Gasteiger partial charge on any atom is -0.477 e. The number of hydrogen-bond donors (Lipinski definition) is 1. The topological polar surface area (TPSA) is 75.4 Å². The van der Waals surface area contributed by atoms with E-state index in [-0.39, 0.29) is 17.0 Å². The van der Waals surface area contributed by atoms with Crippen LogP contribution >= 0.6 is 11.8 Å². The molecule has 1 N–H and O–H groups in total. The Labute approximate surface area is 118 Å². The smallest absolute Gasteiger partial charge is 0.353 e. The van der Waals surface area contributed by atoms with E-state index in [4.69, 9.17) is 5.11 Å². The van der Waals surface area contributed by atoms with Crippen LogP contribution in [0.2, 0.25) is 0 Å². The van der Waals surface area contributed by atoms with Crippen LogP contribution in [0.3, 0.4) is 0 Å². The summed E-state index contributed by atoms with van der Waals surface area (Å²) in [4.78, 5) is 24.4. The average molecular weight is 289 g/mol. The Morgan fingerprint density at radius 1 is 1.55 bits per heavy atom. The molecule has 1 atom stereocenters. The van der Waals surface area contributed by atoms with E-state index >= 15 is 0 Å². The molecule has 1 aromatic heterocycles. The Hall–Kier alpha value is -2.02. The molecule has 0 aromatic carbocycles. The zero-order chi connectivity index (χ0) is 13.9. The van der Waals surface area contributed by atoms with Gasteiger partial charge in [0.1, 0.15) is 11.1 Å². The maximum absolute atomic E-state index is 12.0. The fourth-order valence-electron chi connectivity index (χ4n) is 2.78. The summed E-state index contributed by atoms with van der Waals surface area (Å²) >= 11 is 1.35. The largest absolute Gasteiger partial charge is 0.477 e. The molecule has 4 rings (SSSR count). The van der Waals surface area contributed by atoms with Crippen LogP contribution in [0.15, 0.2) is 22.7 Å². The molecule has 3 aliphatic heterocycles. The summed E-state index contributed by atoms with van der Waals surface area (Å²) in [6, 6.07) is 2.00. The highest BCUT2D eigenvalue weighted by Gasteiger charge is 2.49. The first-order valence-electron chi connectivity index (χ1n) is 6.36. The summed E-state index contributed by atoms with van der Waals surface area (Å²) in [7, 11) is 0. The van der Waals surface area contributed by atoms with Crippen LogP contribution in [0.25, 0.3) is 6.08 Å². The van der Waals surface area contributed by atoms with Crippen LogP contribution in [-0.2, 0) is 22.6 Å². The third kappa shape index (κ3) is 1.49. The van der Waals surface area contributed by atoms with Gasteiger partial charge < -0.3 is 5.11 Å². The number of aliphatic carboxylic acids is 1. The third-order valence-corrected chi connectivity index (χ3v) is 4.82. The van der Waals surface area contributed by atoms with Gasteiger partial charge in [-0.25, -0.2) is 4.79 Å². The molecule has 1 saturated heterocycles. The molecule has 1 aromatic rings. The van der Waals surface area contributed by atoms with Gasteiger partial charge in [-0.15, -0.1) is 11.8 Å². The van der Waals surface area contributed by atoms with Crippen LogP contribution in [0, 0.1) is 0 Å². The van der Waals surface area contributed by atoms with Gasteiger partial charge in [0.25, 0.3) is 5.91 Å². The maximum Gasteiger partial charge on any atom is 0.353 e. The quantitative estimate of drug-likeness (QED) is 0.650. The number of nitrogens with zero attached hydrogens (tertiary/aromatic N) is 3. The maximum atomic E-state index is 12.0. The first-order chi connectivity index (χ1) is 9.65. The number of amides is 1. The van der Waals surface area contributed by atoms with E-state index in [9.17, 15) is 9.59 Å². The van der Waals surface area contributed by atoms with Gasteiger partial charge in [-0.3, -0.25) is 14.4 Å². The number of aryl methyl sites for hydroxylation is 2. The predicted molar refractivity (Wildman–Crippen MR) is 72.5 cm³/mol. The van der Waals surface area contributed by atoms with Crippen molar-refractivity contribution in [2.24, 2.45) is 0 Å². The van der Waals surface area contributed by atoms with Gasteiger partial charge in [0.15, 0.2) is 0 Å². The van der Waals surface area contributed by atoms with Crippen LogP contribution in [0.5, 0.6) is 0 Å². The number of carboxylic acids is 1. The van der Waals surface area contributed by atoms with E-state index in [2.05, 4.69) is 5.10 Å². The van der Waals surface area contributed by atoms with Gasteiger partial charge in [0, 0.05) is 17.6 Å². The third-order valence-electron chi connectivity index (χ3n) is 3.74. The number of hydrogen-bond acceptors (Lipinski definition) is 4. The van der Waals surface area contributed by atoms with Crippen molar-refractivity contribution in [3.8, 4) is 0 Å². The Morgan fingerprint density at radius 3 is 3.15 bits per heavy atom. The highest BCUT2D eigenvalue weighted by atomic mass is 32.2. The van der Waals surface area contributed by atoms with E-state index in [0.29, 0.717) is 5.57 Å². The zero-order valence-electron chi connectivity index (χ0n) is 10.4. The van der Waals surface area contributed by atoms with Crippen LogP contribution in [0.1, 0.15) is 17.8 Å². The van der Waals surface area contributed by atoms with Crippen molar-refractivity contribution in [1.29, 1.82) is 0 Å². The first-order valence-corrected chi connectivity index (χ1v) is 7.30. The van der Waals surface area contributed by atoms with E-state index in [0.717, 1.165) is 25.1 Å². The lowest BCUT2D eigenvalue weighted by Gasteiger charge is -2.36. The van der Waals surface area contributed by atoms with Gasteiger partial charge in [-0.1, -0.05) is 0 Å². The molecular weight excluding hydrogens is 278 g/mol. The second-order valence-electron chi connectivity index (χ2n) is 4.96. The Kier molecular flexibility index (Phi) is 2.35. The summed E-state index contributed by atoms with van der Waals surface area (Å²) in [6.45, 7) is 0.932. The molecule has 6 nitrogen and oxygen atoms in total. The van der Waals surface area contributed by atoms with Crippen molar-refractivity contribution >= 4 is 29.7 Å². The lowest BCUT2D eigenvalue weighted by Crippen LogP contribution is -2.51. The van der Waals surface area contributed by atoms with Crippen LogP contribution < -0.4 is 0 Å². The Bertz CT molecular complexity index is 682. The molecule has 0 bridgehead atoms. The Balaban J connectivity index is 1.61. The number of carbonyl (C=O) groups excluding carboxylic acids is 1. The average Bonchev–Trinajstić information content (AvgIpc) is 3.07. The fourth-order valence-corrected chi connectivity index (χ4v) is 3.90. The van der Waals surface area contributed by atoms with Crippen LogP contribution in [-0.4, -0.2) is 37.0 Å². The van der Waals surface area contributed by atoms with Gasteiger partial charge in [-0.05, 0) is 25.0 Å². The Morgan fingerprint density at radius 2 is 2.40 bits per heavy atom. The van der Waals surface area contributed by atoms with Gasteiger partial charge in [0.2, 0.25) is 0 Å². The molecule has 20 heavy (non-hydrogen) atoms. The molecule has 1 fully saturated rings. The van der Waals surface area contributed by atoms with E-state index in [1.54, 1.807) is 6.08 Å². The predicted octanol–water partition coefficient (Wildman–Crippen LogP) is 1.05. The molecule has 0 radical (unpaired) electrons. The molecule has 0 spiro atoms. The number of β-lactam (4-membered cyclic amide) rings is 1. The van der Waals surface area contributed by atoms with Crippen molar-refractivity contribution in [1.82, 2.24) is 14.7 Å². The number of aromatic nitrogens is 2. The molecule has 3 aliphatic rings. The monoisotopic (exact) mass is 289 g/mol. The summed E-state index contributed by atoms with van der Waals surface area (Å²) in [5, 5.41) is 14.8. The van der Waals surface area contributed by atoms with Crippen molar-refractivity contribution in [2.75, 3.05) is 0 Å². The minimum atomic E-state index is -1.06. The lowest BCUT2D eigenvalue weighted by atomic mass is 10.0. The normalized spacial score (nSPS) is 25.5. The SMILES string of the molecule is O=C(O)C1=CS[C@@H]2C(=Cc3cc4n(n3)CCC4)C(=O)N12. The number of carbonyl (C=O) groups is 2. The van der Waals surface area contributed by atoms with Crippen LogP contribution in [0.4, 0.5) is 0 Å². The van der Waals surface area contributed by atoms with Gasteiger partial charge in [0.05, 0.1) is 11.3 Å². The second kappa shape index (κ2) is 3.99. The number of fused-ring (bicyclic) bond motifs is 2. The summed E-state index contributed by atoms with van der Waals surface area (Å²) in [5.74, 6) is -1.30. The van der Waals surface area contributed by atoms with E-state index in [1.165, 1.54) is 27.8 Å². The summed E-state index contributed by atoms with van der Waals surface area (Å²) in [5.41, 5.74) is 2.67. The minimum absolute atomic E-state index is 0.0643. The molecule has 7 heteroatoms. The molecule has 0 unspecified atom stereocenters. The first kappa shape index (κ1) is 11.8. The summed E-state index contributed by atoms with van der Waals surface area (Å²) in [6.07, 6.45) is 3.93. The molecule has 4 heterocycles. The zero-order valence-corrected chi connectivity index (χ0v) is 11.3. The number of rotatable bonds is 2. The van der Waals surface area contributed by atoms with Crippen molar-refractivity contribution in [3.05, 3.63) is 34.1 Å². The van der Waals surface area contributed by atoms with E-state index in [1.807, 2.05) is 10.7 Å². The van der Waals surface area contributed by atoms with Crippen molar-refractivity contribution in [3.63, 3.8) is 0 Å². The van der Waals surface area contributed by atoms with Crippen molar-refractivity contribution < 1.29 is 14.7 Å². The molecule has 0 aliphatic carbocycles. The second-order valence-corrected chi connectivity index (χ2v) is 5.91. The number of thioether (sulfide) groups is 1. The summed E-state index contributed by atoms with van der Waals surface area (Å²) < 4.78 is 1.97. The highest BCUT2D eigenvalue weighted by molar-refractivity contribution is 8.03. The number of carboxylic acid groups (broad SMARTS) is 1. The fraction of sp³-hybridized carbons (Fsp3) is 0.308. The molecule has 1 amide bonds. The van der Waals surface area contributed by atoms with Gasteiger partial charge in [-0.2, -0.15) is 5.10 Å². The molecule has 0 saturated carbocycles. The molecular formula is C13H11N3O3S. The molecule has 102 valence electrons.